The maximum absolute atomic E-state index is 11.6. The van der Waals surface area contributed by atoms with Gasteiger partial charge in [0.1, 0.15) is 6.04 Å². The molecule has 2 saturated heterocycles. The first-order valence-corrected chi connectivity index (χ1v) is 6.89. The summed E-state index contributed by atoms with van der Waals surface area (Å²) in [5.74, 6) is -0.100. The van der Waals surface area contributed by atoms with Crippen molar-refractivity contribution < 1.29 is 14.3 Å². The van der Waals surface area contributed by atoms with E-state index in [0.29, 0.717) is 13.2 Å². The molecule has 3 rings (SSSR count). The number of esters is 1. The molecule has 1 aromatic rings. The molecule has 0 amide bonds. The SMILES string of the molecule is O=C1OCC[C@@H]1N1CCO[C@H](c2ccc(Cl)cc2)C1. The number of ether oxygens (including phenoxy) is 2. The van der Waals surface area contributed by atoms with Gasteiger partial charge in [0.05, 0.1) is 19.3 Å². The summed E-state index contributed by atoms with van der Waals surface area (Å²) < 4.78 is 10.8. The molecule has 0 N–H and O–H groups in total. The van der Waals surface area contributed by atoms with Gasteiger partial charge in [-0.1, -0.05) is 23.7 Å². The second kappa shape index (κ2) is 5.49. The third-order valence-electron chi connectivity index (χ3n) is 3.69. The van der Waals surface area contributed by atoms with E-state index in [1.165, 1.54) is 0 Å². The third-order valence-corrected chi connectivity index (χ3v) is 3.94. The van der Waals surface area contributed by atoms with Gasteiger partial charge in [-0.15, -0.1) is 0 Å². The highest BCUT2D eigenvalue weighted by atomic mass is 35.5. The minimum Gasteiger partial charge on any atom is -0.464 e. The monoisotopic (exact) mass is 281 g/mol. The van der Waals surface area contributed by atoms with E-state index in [-0.39, 0.29) is 18.1 Å². The van der Waals surface area contributed by atoms with Crippen LogP contribution in [0.3, 0.4) is 0 Å². The van der Waals surface area contributed by atoms with Gasteiger partial charge in [0.2, 0.25) is 0 Å². The van der Waals surface area contributed by atoms with E-state index in [2.05, 4.69) is 4.90 Å². The fourth-order valence-electron chi connectivity index (χ4n) is 2.65. The molecular weight excluding hydrogens is 266 g/mol. The number of morpholine rings is 1. The molecule has 2 aliphatic rings. The van der Waals surface area contributed by atoms with E-state index in [9.17, 15) is 4.79 Å². The summed E-state index contributed by atoms with van der Waals surface area (Å²) >= 11 is 5.89. The lowest BCUT2D eigenvalue weighted by Gasteiger charge is -2.35. The molecule has 2 fully saturated rings. The van der Waals surface area contributed by atoms with E-state index < -0.39 is 0 Å². The van der Waals surface area contributed by atoms with E-state index in [1.807, 2.05) is 24.3 Å². The second-order valence-electron chi connectivity index (χ2n) is 4.88. The predicted octanol–water partition coefficient (Wildman–Crippen LogP) is 2.03. The zero-order valence-electron chi connectivity index (χ0n) is 10.5. The van der Waals surface area contributed by atoms with E-state index in [0.717, 1.165) is 30.1 Å². The number of hydrogen-bond acceptors (Lipinski definition) is 4. The Bertz CT molecular complexity index is 462. The Hall–Kier alpha value is -1.10. The average molecular weight is 282 g/mol. The fraction of sp³-hybridized carbons (Fsp3) is 0.500. The molecule has 5 heteroatoms. The van der Waals surface area contributed by atoms with Crippen molar-refractivity contribution in [3.63, 3.8) is 0 Å². The van der Waals surface area contributed by atoms with Gasteiger partial charge in [0.15, 0.2) is 0 Å². The topological polar surface area (TPSA) is 38.8 Å². The highest BCUT2D eigenvalue weighted by Gasteiger charge is 2.35. The molecule has 0 bridgehead atoms. The summed E-state index contributed by atoms with van der Waals surface area (Å²) in [7, 11) is 0. The van der Waals surface area contributed by atoms with Gasteiger partial charge in [0.25, 0.3) is 0 Å². The molecule has 0 aliphatic carbocycles. The van der Waals surface area contributed by atoms with Gasteiger partial charge in [-0.25, -0.2) is 0 Å². The molecular formula is C14H16ClNO3. The summed E-state index contributed by atoms with van der Waals surface area (Å²) in [6.45, 7) is 2.68. The van der Waals surface area contributed by atoms with Crippen molar-refractivity contribution in [2.45, 2.75) is 18.6 Å². The Kier molecular flexibility index (Phi) is 3.73. The van der Waals surface area contributed by atoms with Crippen LogP contribution in [0.25, 0.3) is 0 Å². The van der Waals surface area contributed by atoms with Crippen LogP contribution < -0.4 is 0 Å². The molecule has 102 valence electrons. The van der Waals surface area contributed by atoms with Gasteiger partial charge < -0.3 is 9.47 Å². The zero-order chi connectivity index (χ0) is 13.2. The van der Waals surface area contributed by atoms with Crippen molar-refractivity contribution in [3.05, 3.63) is 34.9 Å². The van der Waals surface area contributed by atoms with E-state index >= 15 is 0 Å². The van der Waals surface area contributed by atoms with Crippen LogP contribution in [0.2, 0.25) is 5.02 Å². The van der Waals surface area contributed by atoms with Crippen LogP contribution in [0, 0.1) is 0 Å². The molecule has 0 unspecified atom stereocenters. The average Bonchev–Trinajstić information content (AvgIpc) is 2.86. The first kappa shape index (κ1) is 12.9. The summed E-state index contributed by atoms with van der Waals surface area (Å²) in [5.41, 5.74) is 1.10. The number of benzene rings is 1. The van der Waals surface area contributed by atoms with Gasteiger partial charge in [-0.05, 0) is 17.7 Å². The maximum atomic E-state index is 11.6. The maximum Gasteiger partial charge on any atom is 0.323 e. The van der Waals surface area contributed by atoms with E-state index in [4.69, 9.17) is 21.1 Å². The number of cyclic esters (lactones) is 1. The molecule has 0 spiro atoms. The molecule has 19 heavy (non-hydrogen) atoms. The van der Waals surface area contributed by atoms with E-state index in [1.54, 1.807) is 0 Å². The van der Waals surface area contributed by atoms with Crippen molar-refractivity contribution in [1.82, 2.24) is 4.90 Å². The van der Waals surface area contributed by atoms with Crippen LogP contribution in [0.5, 0.6) is 0 Å². The van der Waals surface area contributed by atoms with Crippen molar-refractivity contribution >= 4 is 17.6 Å². The van der Waals surface area contributed by atoms with Gasteiger partial charge in [0, 0.05) is 24.5 Å². The Morgan fingerprint density at radius 1 is 1.21 bits per heavy atom. The Labute approximate surface area is 117 Å². The van der Waals surface area contributed by atoms with Gasteiger partial charge in [-0.3, -0.25) is 9.69 Å². The normalized spacial score (nSPS) is 28.4. The largest absolute Gasteiger partial charge is 0.464 e. The summed E-state index contributed by atoms with van der Waals surface area (Å²) in [4.78, 5) is 13.8. The highest BCUT2D eigenvalue weighted by Crippen LogP contribution is 2.26. The number of halogens is 1. The summed E-state index contributed by atoms with van der Waals surface area (Å²) in [6, 6.07) is 7.58. The standard InChI is InChI=1S/C14H16ClNO3/c15-11-3-1-10(2-4-11)13-9-16(6-8-18-13)12-5-7-19-14(12)17/h1-4,12-13H,5-9H2/t12-,13-/m0/s1. The molecule has 0 radical (unpaired) electrons. The van der Waals surface area contributed by atoms with Crippen molar-refractivity contribution in [2.24, 2.45) is 0 Å². The number of carbonyl (C=O) groups excluding carboxylic acids is 1. The van der Waals surface area contributed by atoms with Gasteiger partial charge in [-0.2, -0.15) is 0 Å². The molecule has 1 aromatic carbocycles. The molecule has 2 atom stereocenters. The lowest BCUT2D eigenvalue weighted by Crippen LogP contribution is -2.46. The quantitative estimate of drug-likeness (QED) is 0.778. The van der Waals surface area contributed by atoms with Crippen LogP contribution in [-0.2, 0) is 14.3 Å². The Morgan fingerprint density at radius 3 is 2.68 bits per heavy atom. The molecule has 0 aromatic heterocycles. The second-order valence-corrected chi connectivity index (χ2v) is 5.31. The molecule has 2 aliphatic heterocycles. The highest BCUT2D eigenvalue weighted by molar-refractivity contribution is 6.30. The fourth-order valence-corrected chi connectivity index (χ4v) is 2.77. The van der Waals surface area contributed by atoms with Crippen molar-refractivity contribution in [3.8, 4) is 0 Å². The van der Waals surface area contributed by atoms with Crippen LogP contribution in [0.1, 0.15) is 18.1 Å². The van der Waals surface area contributed by atoms with Crippen LogP contribution >= 0.6 is 11.6 Å². The third kappa shape index (κ3) is 2.76. The zero-order valence-corrected chi connectivity index (χ0v) is 11.3. The lowest BCUT2D eigenvalue weighted by atomic mass is 10.1. The minimum absolute atomic E-state index is 0.000540. The molecule has 4 nitrogen and oxygen atoms in total. The first-order valence-electron chi connectivity index (χ1n) is 6.52. The summed E-state index contributed by atoms with van der Waals surface area (Å²) in [5, 5.41) is 0.718. The number of rotatable bonds is 2. The minimum atomic E-state index is -0.100. The van der Waals surface area contributed by atoms with Gasteiger partial charge >= 0.3 is 5.97 Å². The predicted molar refractivity (Wildman–Crippen MR) is 71.1 cm³/mol. The number of carbonyl (C=O) groups is 1. The smallest absolute Gasteiger partial charge is 0.323 e. The molecule has 2 heterocycles. The molecule has 0 saturated carbocycles. The Balaban J connectivity index is 1.71. The number of hydrogen-bond donors (Lipinski definition) is 0. The first-order chi connectivity index (χ1) is 9.24. The van der Waals surface area contributed by atoms with Crippen molar-refractivity contribution in [2.75, 3.05) is 26.3 Å². The van der Waals surface area contributed by atoms with Crippen LogP contribution in [-0.4, -0.2) is 43.2 Å². The summed E-state index contributed by atoms with van der Waals surface area (Å²) in [6.07, 6.45) is 0.783. The van der Waals surface area contributed by atoms with Crippen LogP contribution in [0.15, 0.2) is 24.3 Å². The van der Waals surface area contributed by atoms with Crippen LogP contribution in [0.4, 0.5) is 0 Å². The Morgan fingerprint density at radius 2 is 2.00 bits per heavy atom. The number of nitrogens with zero attached hydrogens (tertiary/aromatic N) is 1. The van der Waals surface area contributed by atoms with Crippen molar-refractivity contribution in [1.29, 1.82) is 0 Å². The lowest BCUT2D eigenvalue weighted by molar-refractivity contribution is -0.144.